The van der Waals surface area contributed by atoms with Crippen LogP contribution in [0, 0.1) is 31.0 Å². The molecule has 0 aliphatic heterocycles. The van der Waals surface area contributed by atoms with E-state index in [2.05, 4.69) is 32.0 Å². The van der Waals surface area contributed by atoms with Crippen molar-refractivity contribution in [3.05, 3.63) is 105 Å². The standard InChI is InChI=1S/C30H23BrFN3O5/c1-17-8-20(15-33)9-18(2)29(17)40-28-14-27(34-16-35-28)39-25-7-4-19(11-26(25)38-3)10-22(30(36)37)12-21-5-6-23(31)13-24(21)32/h4-9,11-14,16H,10H2,1-3H3,(H,36,37). The van der Waals surface area contributed by atoms with Crippen LogP contribution in [0.15, 0.2) is 71.0 Å². The van der Waals surface area contributed by atoms with E-state index in [0.717, 1.165) is 11.1 Å². The number of methoxy groups -OCH3 is 1. The quantitative estimate of drug-likeness (QED) is 0.200. The molecule has 4 rings (SSSR count). The van der Waals surface area contributed by atoms with Crippen LogP contribution in [-0.2, 0) is 11.2 Å². The third kappa shape index (κ3) is 6.81. The second kappa shape index (κ2) is 12.4. The molecule has 1 heterocycles. The molecule has 0 spiro atoms. The van der Waals surface area contributed by atoms with Crippen LogP contribution in [0.3, 0.4) is 0 Å². The summed E-state index contributed by atoms with van der Waals surface area (Å²) < 4.78 is 32.2. The van der Waals surface area contributed by atoms with E-state index in [-0.39, 0.29) is 29.3 Å². The first kappa shape index (κ1) is 28.3. The lowest BCUT2D eigenvalue weighted by atomic mass is 10.0. The SMILES string of the molecule is COc1cc(CC(=Cc2ccc(Br)cc2F)C(=O)O)ccc1Oc1cc(Oc2c(C)cc(C#N)cc2C)ncn1. The molecule has 10 heteroatoms. The number of nitrogens with zero attached hydrogens (tertiary/aromatic N) is 3. The predicted molar refractivity (Wildman–Crippen MR) is 149 cm³/mol. The van der Waals surface area contributed by atoms with Gasteiger partial charge in [-0.15, -0.1) is 0 Å². The van der Waals surface area contributed by atoms with Crippen LogP contribution >= 0.6 is 15.9 Å². The monoisotopic (exact) mass is 603 g/mol. The van der Waals surface area contributed by atoms with E-state index in [4.69, 9.17) is 19.5 Å². The highest BCUT2D eigenvalue weighted by atomic mass is 79.9. The van der Waals surface area contributed by atoms with E-state index >= 15 is 0 Å². The van der Waals surface area contributed by atoms with Gasteiger partial charge in [0.25, 0.3) is 0 Å². The van der Waals surface area contributed by atoms with Gasteiger partial charge in [0.15, 0.2) is 11.5 Å². The summed E-state index contributed by atoms with van der Waals surface area (Å²) in [4.78, 5) is 20.2. The predicted octanol–water partition coefficient (Wildman–Crippen LogP) is 7.17. The zero-order chi connectivity index (χ0) is 28.8. The van der Waals surface area contributed by atoms with Crippen molar-refractivity contribution in [2.24, 2.45) is 0 Å². The highest BCUT2D eigenvalue weighted by molar-refractivity contribution is 9.10. The first-order valence-electron chi connectivity index (χ1n) is 11.9. The minimum absolute atomic E-state index is 0.00271. The normalized spacial score (nSPS) is 11.1. The van der Waals surface area contributed by atoms with E-state index in [1.165, 1.54) is 37.7 Å². The van der Waals surface area contributed by atoms with Gasteiger partial charge < -0.3 is 19.3 Å². The number of aliphatic carboxylic acids is 1. The van der Waals surface area contributed by atoms with Crippen molar-refractivity contribution in [3.8, 4) is 35.1 Å². The lowest BCUT2D eigenvalue weighted by Crippen LogP contribution is -2.05. The first-order valence-corrected chi connectivity index (χ1v) is 12.7. The van der Waals surface area contributed by atoms with E-state index in [1.807, 2.05) is 13.8 Å². The van der Waals surface area contributed by atoms with Gasteiger partial charge in [-0.05, 0) is 73.0 Å². The first-order chi connectivity index (χ1) is 19.2. The fourth-order valence-electron chi connectivity index (χ4n) is 3.95. The number of carboxylic acid groups (broad SMARTS) is 1. The van der Waals surface area contributed by atoms with Gasteiger partial charge in [-0.2, -0.15) is 5.26 Å². The van der Waals surface area contributed by atoms with Crippen molar-refractivity contribution in [1.82, 2.24) is 9.97 Å². The number of rotatable bonds is 9. The number of benzene rings is 3. The molecule has 3 aromatic carbocycles. The molecule has 40 heavy (non-hydrogen) atoms. The van der Waals surface area contributed by atoms with Crippen molar-refractivity contribution < 1.29 is 28.5 Å². The summed E-state index contributed by atoms with van der Waals surface area (Å²) in [6, 6.07) is 16.5. The summed E-state index contributed by atoms with van der Waals surface area (Å²) in [6.07, 6.45) is 2.63. The van der Waals surface area contributed by atoms with E-state index < -0.39 is 11.8 Å². The summed E-state index contributed by atoms with van der Waals surface area (Å²) in [5.41, 5.74) is 2.90. The van der Waals surface area contributed by atoms with Crippen LogP contribution in [0.1, 0.15) is 27.8 Å². The third-order valence-corrected chi connectivity index (χ3v) is 6.31. The van der Waals surface area contributed by atoms with Crippen LogP contribution in [0.5, 0.6) is 29.0 Å². The van der Waals surface area contributed by atoms with E-state index in [1.54, 1.807) is 36.4 Å². The number of carboxylic acids is 1. The van der Waals surface area contributed by atoms with E-state index in [9.17, 15) is 14.3 Å². The molecule has 0 amide bonds. The molecule has 0 radical (unpaired) electrons. The Morgan fingerprint density at radius 1 is 1.02 bits per heavy atom. The fraction of sp³-hybridized carbons (Fsp3) is 0.133. The maximum atomic E-state index is 14.3. The number of hydrogen-bond acceptors (Lipinski definition) is 7. The van der Waals surface area contributed by atoms with Crippen molar-refractivity contribution in [2.45, 2.75) is 20.3 Å². The number of carbonyl (C=O) groups is 1. The Balaban J connectivity index is 1.55. The van der Waals surface area contributed by atoms with Gasteiger partial charge >= 0.3 is 5.97 Å². The second-order valence-electron chi connectivity index (χ2n) is 8.75. The molecular weight excluding hydrogens is 581 g/mol. The number of aromatic nitrogens is 2. The van der Waals surface area contributed by atoms with Crippen LogP contribution < -0.4 is 14.2 Å². The number of nitriles is 1. The molecule has 0 fully saturated rings. The van der Waals surface area contributed by atoms with Gasteiger partial charge in [0.05, 0.1) is 24.8 Å². The maximum absolute atomic E-state index is 14.3. The molecule has 0 atom stereocenters. The Morgan fingerprint density at radius 3 is 2.35 bits per heavy atom. The molecule has 0 unspecified atom stereocenters. The molecule has 0 saturated carbocycles. The summed E-state index contributed by atoms with van der Waals surface area (Å²) in [6.45, 7) is 3.68. The number of aryl methyl sites for hydroxylation is 2. The van der Waals surface area contributed by atoms with Crippen molar-refractivity contribution in [1.29, 1.82) is 5.26 Å². The van der Waals surface area contributed by atoms with Crippen LogP contribution in [-0.4, -0.2) is 28.2 Å². The van der Waals surface area contributed by atoms with Crippen molar-refractivity contribution in [3.63, 3.8) is 0 Å². The van der Waals surface area contributed by atoms with Gasteiger partial charge in [0.1, 0.15) is 17.9 Å². The Labute approximate surface area is 238 Å². The van der Waals surface area contributed by atoms with Crippen molar-refractivity contribution in [2.75, 3.05) is 7.11 Å². The van der Waals surface area contributed by atoms with Gasteiger partial charge in [-0.3, -0.25) is 0 Å². The summed E-state index contributed by atoms with van der Waals surface area (Å²) >= 11 is 3.19. The number of halogens is 2. The smallest absolute Gasteiger partial charge is 0.331 e. The van der Waals surface area contributed by atoms with Crippen LogP contribution in [0.25, 0.3) is 6.08 Å². The molecule has 4 aromatic rings. The third-order valence-electron chi connectivity index (χ3n) is 5.82. The second-order valence-corrected chi connectivity index (χ2v) is 9.67. The van der Waals surface area contributed by atoms with Gasteiger partial charge in [-0.25, -0.2) is 19.2 Å². The average Bonchev–Trinajstić information content (AvgIpc) is 2.92. The summed E-state index contributed by atoms with van der Waals surface area (Å²) in [7, 11) is 1.46. The molecule has 1 aromatic heterocycles. The van der Waals surface area contributed by atoms with Crippen molar-refractivity contribution >= 4 is 28.0 Å². The highest BCUT2D eigenvalue weighted by Gasteiger charge is 2.15. The minimum Gasteiger partial charge on any atom is -0.493 e. The molecule has 202 valence electrons. The highest BCUT2D eigenvalue weighted by Crippen LogP contribution is 2.34. The topological polar surface area (TPSA) is 115 Å². The lowest BCUT2D eigenvalue weighted by Gasteiger charge is -2.13. The number of ether oxygens (including phenoxy) is 3. The lowest BCUT2D eigenvalue weighted by molar-refractivity contribution is -0.132. The summed E-state index contributed by atoms with van der Waals surface area (Å²) in [5.74, 6) is -0.00554. The largest absolute Gasteiger partial charge is 0.493 e. The molecule has 0 bridgehead atoms. The molecule has 0 aliphatic carbocycles. The Kier molecular flexibility index (Phi) is 8.76. The maximum Gasteiger partial charge on any atom is 0.331 e. The zero-order valence-corrected chi connectivity index (χ0v) is 23.3. The van der Waals surface area contributed by atoms with Crippen LogP contribution in [0.2, 0.25) is 0 Å². The molecular formula is C30H23BrFN3O5. The Hall–Kier alpha value is -4.75. The van der Waals surface area contributed by atoms with Gasteiger partial charge in [0.2, 0.25) is 11.8 Å². The van der Waals surface area contributed by atoms with Gasteiger partial charge in [-0.1, -0.05) is 28.1 Å². The molecule has 1 N–H and O–H groups in total. The number of hydrogen-bond donors (Lipinski definition) is 1. The van der Waals surface area contributed by atoms with Crippen LogP contribution in [0.4, 0.5) is 4.39 Å². The summed E-state index contributed by atoms with van der Waals surface area (Å²) in [5, 5.41) is 18.9. The average molecular weight is 604 g/mol. The Bertz CT molecular complexity index is 1640. The molecule has 8 nitrogen and oxygen atoms in total. The van der Waals surface area contributed by atoms with E-state index in [0.29, 0.717) is 32.8 Å². The molecule has 0 aliphatic rings. The Morgan fingerprint density at radius 2 is 1.73 bits per heavy atom. The van der Waals surface area contributed by atoms with Gasteiger partial charge in [0, 0.05) is 22.0 Å². The zero-order valence-electron chi connectivity index (χ0n) is 21.7. The molecule has 0 saturated heterocycles. The minimum atomic E-state index is -1.16. The fourth-order valence-corrected chi connectivity index (χ4v) is 4.28.